The average molecular weight is 477 g/mol. The van der Waals surface area contributed by atoms with E-state index in [9.17, 15) is 13.2 Å². The fourth-order valence-corrected chi connectivity index (χ4v) is 5.45. The SMILES string of the molecule is CCOc1ccc(S(=O)(=O)Nc2ccc(C(=O)NCCSCc3cccs3)cc2)cc1. The summed E-state index contributed by atoms with van der Waals surface area (Å²) in [6.07, 6.45) is 0. The minimum atomic E-state index is -3.73. The van der Waals surface area contributed by atoms with E-state index in [1.165, 1.54) is 17.0 Å². The second-order valence-corrected chi connectivity index (χ2v) is 10.3. The van der Waals surface area contributed by atoms with Crippen LogP contribution in [0.15, 0.2) is 70.9 Å². The molecule has 164 valence electrons. The van der Waals surface area contributed by atoms with Crippen LogP contribution in [0.25, 0.3) is 0 Å². The Morgan fingerprint density at radius 1 is 1.06 bits per heavy atom. The molecule has 1 amide bonds. The largest absolute Gasteiger partial charge is 0.494 e. The van der Waals surface area contributed by atoms with Crippen molar-refractivity contribution >= 4 is 44.7 Å². The molecule has 0 fully saturated rings. The number of thioether (sulfide) groups is 1. The van der Waals surface area contributed by atoms with Gasteiger partial charge in [0.1, 0.15) is 5.75 Å². The summed E-state index contributed by atoms with van der Waals surface area (Å²) in [5.41, 5.74) is 0.865. The van der Waals surface area contributed by atoms with Gasteiger partial charge in [0.05, 0.1) is 11.5 Å². The molecule has 1 aromatic heterocycles. The number of sulfonamides is 1. The van der Waals surface area contributed by atoms with E-state index in [1.807, 2.05) is 13.0 Å². The quantitative estimate of drug-likeness (QED) is 0.395. The van der Waals surface area contributed by atoms with Gasteiger partial charge in [-0.05, 0) is 66.9 Å². The van der Waals surface area contributed by atoms with Crippen molar-refractivity contribution in [2.24, 2.45) is 0 Å². The van der Waals surface area contributed by atoms with Crippen LogP contribution in [0.5, 0.6) is 5.75 Å². The Balaban J connectivity index is 1.48. The van der Waals surface area contributed by atoms with E-state index in [-0.39, 0.29) is 10.8 Å². The van der Waals surface area contributed by atoms with Crippen molar-refractivity contribution in [2.75, 3.05) is 23.6 Å². The summed E-state index contributed by atoms with van der Waals surface area (Å²) in [7, 11) is -3.73. The number of anilines is 1. The van der Waals surface area contributed by atoms with Crippen LogP contribution in [-0.2, 0) is 15.8 Å². The molecule has 2 N–H and O–H groups in total. The number of nitrogens with one attached hydrogen (secondary N) is 2. The summed E-state index contributed by atoms with van der Waals surface area (Å²) in [4.78, 5) is 13.7. The molecule has 0 saturated carbocycles. The Morgan fingerprint density at radius 2 is 1.81 bits per heavy atom. The Bertz CT molecular complexity index is 1060. The molecular weight excluding hydrogens is 452 g/mol. The highest BCUT2D eigenvalue weighted by Crippen LogP contribution is 2.20. The molecule has 0 aliphatic carbocycles. The highest BCUT2D eigenvalue weighted by atomic mass is 32.2. The van der Waals surface area contributed by atoms with Gasteiger partial charge in [0.15, 0.2) is 0 Å². The van der Waals surface area contributed by atoms with Crippen LogP contribution in [0.1, 0.15) is 22.2 Å². The average Bonchev–Trinajstić information content (AvgIpc) is 3.28. The van der Waals surface area contributed by atoms with Crippen molar-refractivity contribution in [3.05, 3.63) is 76.5 Å². The zero-order valence-electron chi connectivity index (χ0n) is 17.0. The first-order valence-electron chi connectivity index (χ1n) is 9.72. The third kappa shape index (κ3) is 7.02. The highest BCUT2D eigenvalue weighted by molar-refractivity contribution is 7.98. The van der Waals surface area contributed by atoms with Gasteiger partial charge in [0, 0.05) is 34.2 Å². The third-order valence-electron chi connectivity index (χ3n) is 4.20. The molecule has 0 aliphatic rings. The summed E-state index contributed by atoms with van der Waals surface area (Å²) in [5.74, 6) is 2.19. The van der Waals surface area contributed by atoms with Gasteiger partial charge in [0.2, 0.25) is 0 Å². The lowest BCUT2D eigenvalue weighted by atomic mass is 10.2. The van der Waals surface area contributed by atoms with E-state index in [2.05, 4.69) is 21.5 Å². The number of hydrogen-bond acceptors (Lipinski definition) is 6. The van der Waals surface area contributed by atoms with Gasteiger partial charge in [-0.1, -0.05) is 6.07 Å². The molecule has 3 aromatic rings. The van der Waals surface area contributed by atoms with Gasteiger partial charge in [-0.15, -0.1) is 11.3 Å². The van der Waals surface area contributed by atoms with Crippen LogP contribution >= 0.6 is 23.1 Å². The smallest absolute Gasteiger partial charge is 0.261 e. The molecule has 3 rings (SSSR count). The van der Waals surface area contributed by atoms with Crippen LogP contribution in [0.3, 0.4) is 0 Å². The maximum absolute atomic E-state index is 12.5. The maximum atomic E-state index is 12.5. The summed E-state index contributed by atoms with van der Waals surface area (Å²) in [6, 6.07) is 16.7. The summed E-state index contributed by atoms with van der Waals surface area (Å²) in [5, 5.41) is 4.94. The van der Waals surface area contributed by atoms with Crippen molar-refractivity contribution < 1.29 is 17.9 Å². The number of carbonyl (C=O) groups excluding carboxylic acids is 1. The molecule has 0 unspecified atom stereocenters. The van der Waals surface area contributed by atoms with E-state index in [0.29, 0.717) is 30.2 Å². The maximum Gasteiger partial charge on any atom is 0.261 e. The van der Waals surface area contributed by atoms with Crippen LogP contribution in [0.4, 0.5) is 5.69 Å². The van der Waals surface area contributed by atoms with Gasteiger partial charge >= 0.3 is 0 Å². The fraction of sp³-hybridized carbons (Fsp3) is 0.227. The molecule has 0 saturated heterocycles. The molecule has 0 aliphatic heterocycles. The molecule has 1 heterocycles. The van der Waals surface area contributed by atoms with Crippen LogP contribution < -0.4 is 14.8 Å². The van der Waals surface area contributed by atoms with Crippen LogP contribution in [0, 0.1) is 0 Å². The Morgan fingerprint density at radius 3 is 2.45 bits per heavy atom. The van der Waals surface area contributed by atoms with Crippen molar-refractivity contribution in [3.63, 3.8) is 0 Å². The molecular formula is C22H24N2O4S3. The third-order valence-corrected chi connectivity index (χ3v) is 7.66. The first-order chi connectivity index (χ1) is 15.0. The molecule has 2 aromatic carbocycles. The molecule has 6 nitrogen and oxygen atoms in total. The molecule has 0 radical (unpaired) electrons. The van der Waals surface area contributed by atoms with Crippen molar-refractivity contribution in [1.82, 2.24) is 5.32 Å². The zero-order valence-corrected chi connectivity index (χ0v) is 19.5. The predicted molar refractivity (Wildman–Crippen MR) is 128 cm³/mol. The minimum absolute atomic E-state index is 0.137. The number of thiophene rings is 1. The number of ether oxygens (including phenoxy) is 1. The topological polar surface area (TPSA) is 84.5 Å². The van der Waals surface area contributed by atoms with Gasteiger partial charge in [-0.25, -0.2) is 8.42 Å². The Kier molecular flexibility index (Phi) is 8.39. The molecule has 0 bridgehead atoms. The lowest BCUT2D eigenvalue weighted by Gasteiger charge is -2.10. The summed E-state index contributed by atoms with van der Waals surface area (Å²) >= 11 is 3.50. The second-order valence-electron chi connectivity index (χ2n) is 6.48. The second kappa shape index (κ2) is 11.2. The Labute approximate surface area is 191 Å². The minimum Gasteiger partial charge on any atom is -0.494 e. The van der Waals surface area contributed by atoms with Gasteiger partial charge in [0.25, 0.3) is 15.9 Å². The predicted octanol–water partition coefficient (Wildman–Crippen LogP) is 4.61. The van der Waals surface area contributed by atoms with E-state index in [0.717, 1.165) is 11.5 Å². The first-order valence-corrected chi connectivity index (χ1v) is 13.2. The molecule has 0 atom stereocenters. The first kappa shape index (κ1) is 23.2. The van der Waals surface area contributed by atoms with Crippen molar-refractivity contribution in [2.45, 2.75) is 17.6 Å². The van der Waals surface area contributed by atoms with E-state index >= 15 is 0 Å². The van der Waals surface area contributed by atoms with Crippen LogP contribution in [-0.4, -0.2) is 33.2 Å². The van der Waals surface area contributed by atoms with E-state index < -0.39 is 10.0 Å². The number of hydrogen-bond donors (Lipinski definition) is 2. The molecule has 9 heteroatoms. The van der Waals surface area contributed by atoms with Crippen molar-refractivity contribution in [1.29, 1.82) is 0 Å². The standard InChI is InChI=1S/C22H24N2O4S3/c1-2-28-19-9-11-21(12-10-19)31(26,27)24-18-7-5-17(6-8-18)22(25)23-13-15-29-16-20-4-3-14-30-20/h3-12,14,24H,2,13,15-16H2,1H3,(H,23,25). The molecule has 31 heavy (non-hydrogen) atoms. The van der Waals surface area contributed by atoms with E-state index in [4.69, 9.17) is 4.74 Å². The fourth-order valence-electron chi connectivity index (χ4n) is 2.69. The normalized spacial score (nSPS) is 11.1. The summed E-state index contributed by atoms with van der Waals surface area (Å²) in [6.45, 7) is 2.95. The van der Waals surface area contributed by atoms with Crippen LogP contribution in [0.2, 0.25) is 0 Å². The van der Waals surface area contributed by atoms with Gasteiger partial charge in [-0.2, -0.15) is 11.8 Å². The number of carbonyl (C=O) groups is 1. The molecule has 0 spiro atoms. The Hall–Kier alpha value is -2.49. The highest BCUT2D eigenvalue weighted by Gasteiger charge is 2.14. The lowest BCUT2D eigenvalue weighted by Crippen LogP contribution is -2.25. The summed E-state index contributed by atoms with van der Waals surface area (Å²) < 4.78 is 32.9. The van der Waals surface area contributed by atoms with Gasteiger partial charge < -0.3 is 10.1 Å². The van der Waals surface area contributed by atoms with Gasteiger partial charge in [-0.3, -0.25) is 9.52 Å². The zero-order chi connectivity index (χ0) is 22.1. The number of rotatable bonds is 11. The number of benzene rings is 2. The lowest BCUT2D eigenvalue weighted by molar-refractivity contribution is 0.0956. The number of amides is 1. The van der Waals surface area contributed by atoms with E-state index in [1.54, 1.807) is 59.5 Å². The monoisotopic (exact) mass is 476 g/mol. The van der Waals surface area contributed by atoms with Crippen molar-refractivity contribution in [3.8, 4) is 5.75 Å².